The van der Waals surface area contributed by atoms with Crippen molar-refractivity contribution in [2.24, 2.45) is 5.41 Å². The van der Waals surface area contributed by atoms with Crippen LogP contribution in [0, 0.1) is 33.9 Å². The molecule has 3 N–H and O–H groups in total. The van der Waals surface area contributed by atoms with Crippen LogP contribution in [0.4, 0.5) is 10.3 Å². The Morgan fingerprint density at radius 3 is 2.64 bits per heavy atom. The van der Waals surface area contributed by atoms with Crippen molar-refractivity contribution in [3.05, 3.63) is 48.2 Å². The number of amides is 1. The van der Waals surface area contributed by atoms with E-state index in [-0.39, 0.29) is 31.5 Å². The smallest absolute Gasteiger partial charge is 0.231 e. The predicted octanol–water partition coefficient (Wildman–Crippen LogP) is 2.69. The fourth-order valence-electron chi connectivity index (χ4n) is 3.55. The molecule has 0 unspecified atom stereocenters. The summed E-state index contributed by atoms with van der Waals surface area (Å²) in [6.07, 6.45) is 0.988. The van der Waals surface area contributed by atoms with Crippen molar-refractivity contribution in [1.29, 1.82) is 10.5 Å². The summed E-state index contributed by atoms with van der Waals surface area (Å²) >= 11 is 0. The summed E-state index contributed by atoms with van der Waals surface area (Å²) in [4.78, 5) is 28.9. The minimum atomic E-state index is -0.959. The van der Waals surface area contributed by atoms with Gasteiger partial charge in [0.1, 0.15) is 12.4 Å². The van der Waals surface area contributed by atoms with E-state index in [1.54, 1.807) is 31.3 Å². The molecule has 0 bridgehead atoms. The Labute approximate surface area is 206 Å². The lowest BCUT2D eigenvalue weighted by molar-refractivity contribution is -0.230. The largest absolute Gasteiger partial charge is 0.353 e. The SMILES string of the molecule is CC1(C(=O)NCC#N)COC(c2nc(-c3ccc(F)cc3)c(-c3ccnc(NCCC#N)n3)[nH]2)OC1. The van der Waals surface area contributed by atoms with Gasteiger partial charge < -0.3 is 25.1 Å². The Bertz CT molecular complexity index is 1300. The van der Waals surface area contributed by atoms with Gasteiger partial charge in [0.2, 0.25) is 18.1 Å². The number of hydrogen-bond donors (Lipinski definition) is 3. The Morgan fingerprint density at radius 2 is 1.94 bits per heavy atom. The molecule has 1 fully saturated rings. The van der Waals surface area contributed by atoms with Crippen molar-refractivity contribution >= 4 is 11.9 Å². The van der Waals surface area contributed by atoms with Crippen LogP contribution in [0.2, 0.25) is 0 Å². The van der Waals surface area contributed by atoms with Crippen molar-refractivity contribution < 1.29 is 18.7 Å². The maximum Gasteiger partial charge on any atom is 0.231 e. The van der Waals surface area contributed by atoms with Crippen molar-refractivity contribution in [2.75, 3.05) is 31.6 Å². The molecule has 0 spiro atoms. The van der Waals surface area contributed by atoms with E-state index in [2.05, 4.69) is 30.6 Å². The third kappa shape index (κ3) is 5.46. The van der Waals surface area contributed by atoms with E-state index in [0.29, 0.717) is 47.4 Å². The second-order valence-electron chi connectivity index (χ2n) is 8.31. The molecule has 1 aromatic carbocycles. The third-order valence-corrected chi connectivity index (χ3v) is 5.48. The van der Waals surface area contributed by atoms with E-state index in [9.17, 15) is 9.18 Å². The van der Waals surface area contributed by atoms with Crippen LogP contribution in [0.1, 0.15) is 25.5 Å². The third-order valence-electron chi connectivity index (χ3n) is 5.48. The highest BCUT2D eigenvalue weighted by Crippen LogP contribution is 2.35. The number of benzene rings is 1. The van der Waals surface area contributed by atoms with Crippen molar-refractivity contribution in [1.82, 2.24) is 25.3 Å². The van der Waals surface area contributed by atoms with Crippen LogP contribution in [-0.2, 0) is 14.3 Å². The lowest BCUT2D eigenvalue weighted by atomic mass is 9.91. The van der Waals surface area contributed by atoms with Gasteiger partial charge >= 0.3 is 0 Å². The zero-order valence-corrected chi connectivity index (χ0v) is 19.4. The highest BCUT2D eigenvalue weighted by Gasteiger charge is 2.40. The van der Waals surface area contributed by atoms with Gasteiger partial charge in [-0.05, 0) is 37.3 Å². The highest BCUT2D eigenvalue weighted by molar-refractivity contribution is 5.83. The van der Waals surface area contributed by atoms with Gasteiger partial charge in [-0.15, -0.1) is 0 Å². The molecule has 0 aliphatic carbocycles. The van der Waals surface area contributed by atoms with Gasteiger partial charge in [0, 0.05) is 18.3 Å². The first-order valence-corrected chi connectivity index (χ1v) is 11.1. The summed E-state index contributed by atoms with van der Waals surface area (Å²) < 4.78 is 25.2. The average molecular weight is 490 g/mol. The van der Waals surface area contributed by atoms with Crippen LogP contribution >= 0.6 is 0 Å². The second kappa shape index (κ2) is 10.9. The van der Waals surface area contributed by atoms with E-state index in [1.807, 2.05) is 12.1 Å². The molecule has 2 aromatic heterocycles. The number of nitriles is 2. The number of halogens is 1. The number of ether oxygens (including phenoxy) is 2. The zero-order valence-electron chi connectivity index (χ0n) is 19.4. The molecule has 36 heavy (non-hydrogen) atoms. The Hall–Kier alpha value is -4.39. The predicted molar refractivity (Wildman–Crippen MR) is 125 cm³/mol. The van der Waals surface area contributed by atoms with E-state index in [0.717, 1.165) is 0 Å². The van der Waals surface area contributed by atoms with Gasteiger partial charge in [0.05, 0.1) is 54.3 Å². The Balaban J connectivity index is 1.62. The van der Waals surface area contributed by atoms with Crippen LogP contribution in [0.5, 0.6) is 0 Å². The molecule has 1 saturated heterocycles. The molecule has 1 amide bonds. The minimum absolute atomic E-state index is 0.0529. The highest BCUT2D eigenvalue weighted by atomic mass is 19.1. The van der Waals surface area contributed by atoms with Gasteiger partial charge in [-0.3, -0.25) is 4.79 Å². The lowest BCUT2D eigenvalue weighted by Crippen LogP contribution is -2.48. The number of rotatable bonds is 8. The van der Waals surface area contributed by atoms with E-state index >= 15 is 0 Å². The maximum absolute atomic E-state index is 13.6. The molecule has 0 atom stereocenters. The Kier molecular flexibility index (Phi) is 7.49. The molecular weight excluding hydrogens is 467 g/mol. The summed E-state index contributed by atoms with van der Waals surface area (Å²) in [6, 6.07) is 11.5. The summed E-state index contributed by atoms with van der Waals surface area (Å²) in [5.74, 6) is -0.0308. The molecule has 3 heterocycles. The minimum Gasteiger partial charge on any atom is -0.353 e. The maximum atomic E-state index is 13.6. The van der Waals surface area contributed by atoms with Gasteiger partial charge in [-0.25, -0.2) is 19.3 Å². The van der Waals surface area contributed by atoms with Crippen LogP contribution in [0.25, 0.3) is 22.6 Å². The van der Waals surface area contributed by atoms with E-state index < -0.39 is 11.7 Å². The van der Waals surface area contributed by atoms with Gasteiger partial charge in [-0.2, -0.15) is 10.5 Å². The van der Waals surface area contributed by atoms with Crippen LogP contribution in [0.15, 0.2) is 36.5 Å². The number of aromatic amines is 1. The van der Waals surface area contributed by atoms with Crippen LogP contribution < -0.4 is 10.6 Å². The molecule has 1 aliphatic heterocycles. The lowest BCUT2D eigenvalue weighted by Gasteiger charge is -2.35. The first-order chi connectivity index (χ1) is 17.4. The molecule has 0 saturated carbocycles. The number of anilines is 1. The molecule has 12 heteroatoms. The Morgan fingerprint density at radius 1 is 1.19 bits per heavy atom. The summed E-state index contributed by atoms with van der Waals surface area (Å²) in [5, 5.41) is 23.0. The number of nitrogens with one attached hydrogen (secondary N) is 3. The molecule has 0 radical (unpaired) electrons. The first-order valence-electron chi connectivity index (χ1n) is 11.1. The number of hydrogen-bond acceptors (Lipinski definition) is 9. The number of imidazole rings is 1. The van der Waals surface area contributed by atoms with Gasteiger partial charge in [0.25, 0.3) is 0 Å². The average Bonchev–Trinajstić information content (AvgIpc) is 3.34. The number of carbonyl (C=O) groups excluding carboxylic acids is 1. The quantitative estimate of drug-likeness (QED) is 0.318. The van der Waals surface area contributed by atoms with Crippen molar-refractivity contribution in [2.45, 2.75) is 19.6 Å². The monoisotopic (exact) mass is 490 g/mol. The molecule has 1 aliphatic rings. The van der Waals surface area contributed by atoms with Crippen molar-refractivity contribution in [3.8, 4) is 34.8 Å². The summed E-state index contributed by atoms with van der Waals surface area (Å²) in [7, 11) is 0. The second-order valence-corrected chi connectivity index (χ2v) is 8.31. The summed E-state index contributed by atoms with van der Waals surface area (Å²) in [5.41, 5.74) is 1.23. The molecule has 184 valence electrons. The summed E-state index contributed by atoms with van der Waals surface area (Å²) in [6.45, 7) is 2.08. The van der Waals surface area contributed by atoms with E-state index in [1.165, 1.54) is 12.1 Å². The number of aromatic nitrogens is 4. The van der Waals surface area contributed by atoms with Gasteiger partial charge in [-0.1, -0.05) is 0 Å². The molecule has 3 aromatic rings. The van der Waals surface area contributed by atoms with Crippen molar-refractivity contribution in [3.63, 3.8) is 0 Å². The molecule has 4 rings (SSSR count). The normalized spacial score (nSPS) is 19.2. The number of carbonyl (C=O) groups is 1. The first kappa shape index (κ1) is 24.7. The topological polar surface area (TPSA) is 162 Å². The fourth-order valence-corrected chi connectivity index (χ4v) is 3.55. The van der Waals surface area contributed by atoms with Crippen LogP contribution in [0.3, 0.4) is 0 Å². The number of nitrogens with zero attached hydrogens (tertiary/aromatic N) is 5. The molecular formula is C24H23FN8O3. The molecule has 11 nitrogen and oxygen atoms in total. The fraction of sp³-hybridized carbons (Fsp3) is 0.333. The van der Waals surface area contributed by atoms with Crippen LogP contribution in [-0.4, -0.2) is 52.1 Å². The van der Waals surface area contributed by atoms with Gasteiger partial charge in [0.15, 0.2) is 5.82 Å². The standard InChI is InChI=1S/C24H23FN8O3/c1-24(22(34)28-12-9-27)13-35-21(36-14-24)20-32-18(15-3-5-16(25)6-4-15)19(33-20)17-7-11-30-23(31-17)29-10-2-8-26/h3-7,11,21H,2,10,12-14H2,1H3,(H,28,34)(H,32,33)(H,29,30,31). The zero-order chi connectivity index (χ0) is 25.5. The number of H-pyrrole nitrogens is 1. The van der Waals surface area contributed by atoms with E-state index in [4.69, 9.17) is 20.0 Å².